The molecule has 0 unspecified atom stereocenters. The van der Waals surface area contributed by atoms with E-state index < -0.39 is 6.04 Å². The number of amides is 1. The minimum atomic E-state index is -0.397. The van der Waals surface area contributed by atoms with Crippen LogP contribution in [0.1, 0.15) is 33.6 Å². The van der Waals surface area contributed by atoms with Crippen LogP contribution in [-0.2, 0) is 4.79 Å². The second-order valence-corrected chi connectivity index (χ2v) is 5.03. The van der Waals surface area contributed by atoms with Crippen LogP contribution in [0.4, 0.5) is 0 Å². The summed E-state index contributed by atoms with van der Waals surface area (Å²) in [6.45, 7) is 6.75. The first-order chi connectivity index (χ1) is 5.91. The number of carbonyl (C=O) groups excluding carboxylic acids is 1. The van der Waals surface area contributed by atoms with Gasteiger partial charge in [-0.3, -0.25) is 4.79 Å². The minimum Gasteiger partial charge on any atom is -0.354 e. The van der Waals surface area contributed by atoms with E-state index in [0.717, 1.165) is 12.5 Å². The Morgan fingerprint density at radius 3 is 2.46 bits per heavy atom. The van der Waals surface area contributed by atoms with Gasteiger partial charge in [0.25, 0.3) is 0 Å². The molecule has 0 bridgehead atoms. The Kier molecular flexibility index (Phi) is 2.96. The molecule has 3 N–H and O–H groups in total. The zero-order valence-corrected chi connectivity index (χ0v) is 8.76. The summed E-state index contributed by atoms with van der Waals surface area (Å²) in [4.78, 5) is 11.5. The van der Waals surface area contributed by atoms with Crippen molar-refractivity contribution in [1.82, 2.24) is 5.32 Å². The van der Waals surface area contributed by atoms with Gasteiger partial charge in [0.1, 0.15) is 0 Å². The topological polar surface area (TPSA) is 55.1 Å². The van der Waals surface area contributed by atoms with Crippen LogP contribution in [0.3, 0.4) is 0 Å². The van der Waals surface area contributed by atoms with E-state index in [9.17, 15) is 4.79 Å². The summed E-state index contributed by atoms with van der Waals surface area (Å²) >= 11 is 0. The van der Waals surface area contributed by atoms with E-state index in [1.54, 1.807) is 0 Å². The molecule has 1 aliphatic carbocycles. The summed E-state index contributed by atoms with van der Waals surface area (Å²) in [7, 11) is 0. The number of nitrogens with one attached hydrogen (secondary N) is 1. The van der Waals surface area contributed by atoms with E-state index in [-0.39, 0.29) is 11.3 Å². The Hall–Kier alpha value is -0.570. The van der Waals surface area contributed by atoms with Crippen molar-refractivity contribution in [2.45, 2.75) is 39.7 Å². The fourth-order valence-electron chi connectivity index (χ4n) is 1.07. The van der Waals surface area contributed by atoms with Crippen LogP contribution in [0.2, 0.25) is 0 Å². The fourth-order valence-corrected chi connectivity index (χ4v) is 1.07. The average molecular weight is 184 g/mol. The van der Waals surface area contributed by atoms with E-state index in [4.69, 9.17) is 5.73 Å². The summed E-state index contributed by atoms with van der Waals surface area (Å²) < 4.78 is 0. The summed E-state index contributed by atoms with van der Waals surface area (Å²) in [6.07, 6.45) is 2.51. The van der Waals surface area contributed by atoms with Crippen molar-refractivity contribution in [3.8, 4) is 0 Å². The first kappa shape index (κ1) is 10.5. The Morgan fingerprint density at radius 1 is 1.54 bits per heavy atom. The summed E-state index contributed by atoms with van der Waals surface area (Å²) in [5, 5.41) is 2.89. The lowest BCUT2D eigenvalue weighted by molar-refractivity contribution is -0.124. The molecule has 1 aliphatic rings. The van der Waals surface area contributed by atoms with E-state index in [1.165, 1.54) is 12.8 Å². The molecule has 1 fully saturated rings. The number of carbonyl (C=O) groups is 1. The molecule has 0 radical (unpaired) electrons. The smallest absolute Gasteiger partial charge is 0.237 e. The highest BCUT2D eigenvalue weighted by molar-refractivity contribution is 5.82. The van der Waals surface area contributed by atoms with Gasteiger partial charge in [0.05, 0.1) is 6.04 Å². The second kappa shape index (κ2) is 3.66. The molecular weight excluding hydrogens is 164 g/mol. The summed E-state index contributed by atoms with van der Waals surface area (Å²) in [5.41, 5.74) is 5.64. The van der Waals surface area contributed by atoms with Crippen molar-refractivity contribution >= 4 is 5.91 Å². The Balaban J connectivity index is 2.28. The number of hydrogen-bond acceptors (Lipinski definition) is 2. The van der Waals surface area contributed by atoms with Crippen molar-refractivity contribution in [2.75, 3.05) is 6.54 Å². The maximum atomic E-state index is 11.5. The monoisotopic (exact) mass is 184 g/mol. The average Bonchev–Trinajstić information content (AvgIpc) is 2.80. The molecule has 0 aromatic heterocycles. The molecule has 0 heterocycles. The second-order valence-electron chi connectivity index (χ2n) is 5.03. The van der Waals surface area contributed by atoms with Crippen LogP contribution in [-0.4, -0.2) is 18.5 Å². The molecule has 0 aromatic carbocycles. The zero-order chi connectivity index (χ0) is 10.1. The third kappa shape index (κ3) is 3.35. The molecule has 0 spiro atoms. The van der Waals surface area contributed by atoms with Gasteiger partial charge in [0, 0.05) is 6.54 Å². The van der Waals surface area contributed by atoms with Crippen LogP contribution in [0.5, 0.6) is 0 Å². The highest BCUT2D eigenvalue weighted by Gasteiger charge is 2.29. The highest BCUT2D eigenvalue weighted by Crippen LogP contribution is 2.27. The zero-order valence-electron chi connectivity index (χ0n) is 8.76. The molecule has 0 saturated heterocycles. The third-order valence-electron chi connectivity index (χ3n) is 2.48. The van der Waals surface area contributed by atoms with Gasteiger partial charge in [0.2, 0.25) is 5.91 Å². The molecular formula is C10H20N2O. The predicted molar refractivity (Wildman–Crippen MR) is 53.2 cm³/mol. The SMILES string of the molecule is CC(C)(C)[C@@H](N)C(=O)NCC1CC1. The molecule has 1 rings (SSSR count). The minimum absolute atomic E-state index is 0.0144. The molecule has 1 amide bonds. The van der Waals surface area contributed by atoms with Gasteiger partial charge in [0.15, 0.2) is 0 Å². The first-order valence-electron chi connectivity index (χ1n) is 4.94. The maximum Gasteiger partial charge on any atom is 0.237 e. The van der Waals surface area contributed by atoms with Gasteiger partial charge in [-0.15, -0.1) is 0 Å². The van der Waals surface area contributed by atoms with Gasteiger partial charge in [-0.1, -0.05) is 20.8 Å². The first-order valence-corrected chi connectivity index (χ1v) is 4.94. The van der Waals surface area contributed by atoms with E-state index in [0.29, 0.717) is 0 Å². The predicted octanol–water partition coefficient (Wildman–Crippen LogP) is 0.886. The molecule has 3 heteroatoms. The Bertz CT molecular complexity index is 192. The molecule has 3 nitrogen and oxygen atoms in total. The lowest BCUT2D eigenvalue weighted by atomic mass is 9.87. The van der Waals surface area contributed by atoms with Crippen molar-refractivity contribution in [2.24, 2.45) is 17.1 Å². The normalized spacial score (nSPS) is 19.7. The van der Waals surface area contributed by atoms with Crippen molar-refractivity contribution in [1.29, 1.82) is 0 Å². The van der Waals surface area contributed by atoms with Gasteiger partial charge in [-0.2, -0.15) is 0 Å². The van der Waals surface area contributed by atoms with Crippen LogP contribution in [0.15, 0.2) is 0 Å². The third-order valence-corrected chi connectivity index (χ3v) is 2.48. The number of rotatable bonds is 3. The molecule has 0 aromatic rings. The lowest BCUT2D eigenvalue weighted by Gasteiger charge is -2.25. The van der Waals surface area contributed by atoms with Crippen molar-refractivity contribution in [3.63, 3.8) is 0 Å². The van der Waals surface area contributed by atoms with Gasteiger partial charge in [-0.25, -0.2) is 0 Å². The number of nitrogens with two attached hydrogens (primary N) is 1. The van der Waals surface area contributed by atoms with Crippen LogP contribution in [0, 0.1) is 11.3 Å². The molecule has 0 aliphatic heterocycles. The fraction of sp³-hybridized carbons (Fsp3) is 0.900. The highest BCUT2D eigenvalue weighted by atomic mass is 16.2. The molecule has 1 atom stereocenters. The summed E-state index contributed by atoms with van der Waals surface area (Å²) in [6, 6.07) is -0.397. The lowest BCUT2D eigenvalue weighted by Crippen LogP contribution is -2.49. The van der Waals surface area contributed by atoms with Crippen molar-refractivity contribution in [3.05, 3.63) is 0 Å². The maximum absolute atomic E-state index is 11.5. The number of hydrogen-bond donors (Lipinski definition) is 2. The standard InChI is InChI=1S/C10H20N2O/c1-10(2,3)8(11)9(13)12-6-7-4-5-7/h7-8H,4-6,11H2,1-3H3,(H,12,13)/t8-/m0/s1. The van der Waals surface area contributed by atoms with Crippen LogP contribution < -0.4 is 11.1 Å². The van der Waals surface area contributed by atoms with E-state index >= 15 is 0 Å². The summed E-state index contributed by atoms with van der Waals surface area (Å²) in [5.74, 6) is 0.704. The Morgan fingerprint density at radius 2 is 2.08 bits per heavy atom. The van der Waals surface area contributed by atoms with E-state index in [2.05, 4.69) is 5.32 Å². The van der Waals surface area contributed by atoms with Crippen LogP contribution >= 0.6 is 0 Å². The Labute approximate surface area is 80.1 Å². The van der Waals surface area contributed by atoms with Gasteiger partial charge in [-0.05, 0) is 24.2 Å². The quantitative estimate of drug-likeness (QED) is 0.684. The molecule has 76 valence electrons. The van der Waals surface area contributed by atoms with Gasteiger partial charge >= 0.3 is 0 Å². The largest absolute Gasteiger partial charge is 0.354 e. The van der Waals surface area contributed by atoms with E-state index in [1.807, 2.05) is 20.8 Å². The van der Waals surface area contributed by atoms with Crippen LogP contribution in [0.25, 0.3) is 0 Å². The molecule has 13 heavy (non-hydrogen) atoms. The van der Waals surface area contributed by atoms with Crippen molar-refractivity contribution < 1.29 is 4.79 Å². The van der Waals surface area contributed by atoms with Gasteiger partial charge < -0.3 is 11.1 Å². The molecule has 1 saturated carbocycles.